The fraction of sp³-hybridized carbons (Fsp3) is 0.526. The summed E-state index contributed by atoms with van der Waals surface area (Å²) in [6, 6.07) is 7.41. The molecule has 0 bridgehead atoms. The van der Waals surface area contributed by atoms with Crippen LogP contribution in [-0.4, -0.2) is 41.5 Å². The van der Waals surface area contributed by atoms with Crippen molar-refractivity contribution in [1.82, 2.24) is 20.9 Å². The minimum Gasteiger partial charge on any atom is -0.338 e. The predicted octanol–water partition coefficient (Wildman–Crippen LogP) is 2.05. The van der Waals surface area contributed by atoms with Crippen molar-refractivity contribution in [2.75, 3.05) is 13.1 Å². The van der Waals surface area contributed by atoms with E-state index in [1.54, 1.807) is 0 Å². The molecule has 0 aromatic heterocycles. The summed E-state index contributed by atoms with van der Waals surface area (Å²) in [7, 11) is 0. The third-order valence-corrected chi connectivity index (χ3v) is 5.12. The fourth-order valence-electron chi connectivity index (χ4n) is 3.59. The van der Waals surface area contributed by atoms with Crippen molar-refractivity contribution in [1.29, 1.82) is 0 Å². The van der Waals surface area contributed by atoms with E-state index >= 15 is 0 Å². The molecule has 2 aliphatic rings. The molecule has 1 aliphatic carbocycles. The molecule has 0 radical (unpaired) electrons. The zero-order chi connectivity index (χ0) is 18.6. The van der Waals surface area contributed by atoms with Crippen LogP contribution < -0.4 is 16.0 Å². The topological polar surface area (TPSA) is 90.5 Å². The molecule has 140 valence electrons. The molecule has 26 heavy (non-hydrogen) atoms. The number of urea groups is 2. The standard InChI is InChI=1S/C19H26N4O3/c1-14-5-7-15(8-6-14)13-21-17(25)20-11-4-12-23-16(24)19(22-18(23)26)9-2-3-10-19/h5-8H,2-4,9-13H2,1H3,(H,22,26)(H2,20,21,25). The van der Waals surface area contributed by atoms with Crippen LogP contribution >= 0.6 is 0 Å². The number of carbonyl (C=O) groups is 3. The van der Waals surface area contributed by atoms with Crippen molar-refractivity contribution < 1.29 is 14.4 Å². The van der Waals surface area contributed by atoms with Gasteiger partial charge in [-0.3, -0.25) is 9.69 Å². The number of carbonyl (C=O) groups excluding carboxylic acids is 3. The number of nitrogens with zero attached hydrogens (tertiary/aromatic N) is 1. The number of rotatable bonds is 6. The van der Waals surface area contributed by atoms with E-state index in [4.69, 9.17) is 0 Å². The van der Waals surface area contributed by atoms with E-state index in [2.05, 4.69) is 16.0 Å². The van der Waals surface area contributed by atoms with Crippen LogP contribution in [0.25, 0.3) is 0 Å². The zero-order valence-electron chi connectivity index (χ0n) is 15.1. The first-order valence-corrected chi connectivity index (χ1v) is 9.21. The number of amides is 5. The van der Waals surface area contributed by atoms with Gasteiger partial charge in [-0.1, -0.05) is 42.7 Å². The van der Waals surface area contributed by atoms with Gasteiger partial charge in [0.2, 0.25) is 0 Å². The van der Waals surface area contributed by atoms with Crippen LogP contribution in [0.5, 0.6) is 0 Å². The van der Waals surface area contributed by atoms with Gasteiger partial charge in [-0.2, -0.15) is 0 Å². The molecule has 3 rings (SSSR count). The first kappa shape index (κ1) is 18.2. The molecule has 1 aliphatic heterocycles. The van der Waals surface area contributed by atoms with Crippen molar-refractivity contribution in [2.24, 2.45) is 0 Å². The molecule has 1 spiro atoms. The lowest BCUT2D eigenvalue weighted by atomic mass is 9.98. The molecular weight excluding hydrogens is 332 g/mol. The number of aryl methyl sites for hydroxylation is 1. The van der Waals surface area contributed by atoms with E-state index in [0.29, 0.717) is 26.1 Å². The fourth-order valence-corrected chi connectivity index (χ4v) is 3.59. The van der Waals surface area contributed by atoms with Crippen molar-refractivity contribution in [2.45, 2.75) is 51.1 Å². The predicted molar refractivity (Wildman–Crippen MR) is 97.5 cm³/mol. The van der Waals surface area contributed by atoms with Crippen LogP contribution in [0.4, 0.5) is 9.59 Å². The second-order valence-electron chi connectivity index (χ2n) is 7.12. The normalized spacial score (nSPS) is 18.3. The summed E-state index contributed by atoms with van der Waals surface area (Å²) in [5.74, 6) is -0.108. The Hall–Kier alpha value is -2.57. The lowest BCUT2D eigenvalue weighted by Crippen LogP contribution is -2.44. The maximum absolute atomic E-state index is 12.5. The number of hydrogen-bond donors (Lipinski definition) is 3. The lowest BCUT2D eigenvalue weighted by Gasteiger charge is -2.20. The molecule has 1 aromatic rings. The van der Waals surface area contributed by atoms with E-state index in [0.717, 1.165) is 31.2 Å². The van der Waals surface area contributed by atoms with Gasteiger partial charge in [-0.15, -0.1) is 0 Å². The smallest absolute Gasteiger partial charge is 0.325 e. The van der Waals surface area contributed by atoms with Crippen molar-refractivity contribution in [3.05, 3.63) is 35.4 Å². The Balaban J connectivity index is 1.36. The summed E-state index contributed by atoms with van der Waals surface area (Å²) in [5, 5.41) is 8.41. The van der Waals surface area contributed by atoms with Gasteiger partial charge in [-0.25, -0.2) is 9.59 Å². The number of imide groups is 1. The number of benzene rings is 1. The molecule has 0 atom stereocenters. The van der Waals surface area contributed by atoms with Crippen molar-refractivity contribution in [3.8, 4) is 0 Å². The van der Waals surface area contributed by atoms with E-state index in [1.165, 1.54) is 10.5 Å². The summed E-state index contributed by atoms with van der Waals surface area (Å²) < 4.78 is 0. The van der Waals surface area contributed by atoms with E-state index < -0.39 is 5.54 Å². The first-order valence-electron chi connectivity index (χ1n) is 9.21. The summed E-state index contributed by atoms with van der Waals surface area (Å²) in [6.45, 7) is 3.21. The van der Waals surface area contributed by atoms with Gasteiger partial charge < -0.3 is 16.0 Å². The second-order valence-corrected chi connectivity index (χ2v) is 7.12. The minimum atomic E-state index is -0.657. The van der Waals surface area contributed by atoms with Gasteiger partial charge in [-0.05, 0) is 31.7 Å². The maximum Gasteiger partial charge on any atom is 0.325 e. The van der Waals surface area contributed by atoms with Gasteiger partial charge in [0, 0.05) is 19.6 Å². The SMILES string of the molecule is Cc1ccc(CNC(=O)NCCCN2C(=O)NC3(CCCC3)C2=O)cc1. The highest BCUT2D eigenvalue weighted by Crippen LogP contribution is 2.34. The van der Waals surface area contributed by atoms with Crippen LogP contribution in [-0.2, 0) is 11.3 Å². The molecule has 1 saturated carbocycles. The highest BCUT2D eigenvalue weighted by Gasteiger charge is 2.51. The van der Waals surface area contributed by atoms with Gasteiger partial charge >= 0.3 is 12.1 Å². The summed E-state index contributed by atoms with van der Waals surface area (Å²) in [6.07, 6.45) is 3.94. The monoisotopic (exact) mass is 358 g/mol. The van der Waals surface area contributed by atoms with Crippen LogP contribution in [0, 0.1) is 6.92 Å². The number of nitrogens with one attached hydrogen (secondary N) is 3. The molecular formula is C19H26N4O3. The molecule has 2 fully saturated rings. The molecule has 7 heteroatoms. The lowest BCUT2D eigenvalue weighted by molar-refractivity contribution is -0.131. The van der Waals surface area contributed by atoms with Crippen molar-refractivity contribution in [3.63, 3.8) is 0 Å². The van der Waals surface area contributed by atoms with Crippen LogP contribution in [0.2, 0.25) is 0 Å². The van der Waals surface area contributed by atoms with Gasteiger partial charge in [0.05, 0.1) is 0 Å². The molecule has 1 saturated heterocycles. The van der Waals surface area contributed by atoms with Gasteiger partial charge in [0.25, 0.3) is 5.91 Å². The van der Waals surface area contributed by atoms with E-state index in [-0.39, 0.29) is 18.0 Å². The molecule has 5 amide bonds. The summed E-state index contributed by atoms with van der Waals surface area (Å²) >= 11 is 0. The van der Waals surface area contributed by atoms with Crippen LogP contribution in [0.15, 0.2) is 24.3 Å². The average molecular weight is 358 g/mol. The Labute approximate surface area is 153 Å². The van der Waals surface area contributed by atoms with Crippen molar-refractivity contribution >= 4 is 18.0 Å². The largest absolute Gasteiger partial charge is 0.338 e. The van der Waals surface area contributed by atoms with Gasteiger partial charge in [0.15, 0.2) is 0 Å². The Morgan fingerprint density at radius 2 is 1.85 bits per heavy atom. The minimum absolute atomic E-state index is 0.108. The van der Waals surface area contributed by atoms with Crippen LogP contribution in [0.3, 0.4) is 0 Å². The first-order chi connectivity index (χ1) is 12.5. The molecule has 1 aromatic carbocycles. The maximum atomic E-state index is 12.5. The van der Waals surface area contributed by atoms with E-state index in [1.807, 2.05) is 31.2 Å². The quantitative estimate of drug-likeness (QED) is 0.537. The highest BCUT2D eigenvalue weighted by atomic mass is 16.2. The Morgan fingerprint density at radius 1 is 1.15 bits per heavy atom. The molecule has 0 unspecified atom stereocenters. The molecule has 7 nitrogen and oxygen atoms in total. The summed E-state index contributed by atoms with van der Waals surface area (Å²) in [4.78, 5) is 37.7. The third-order valence-electron chi connectivity index (χ3n) is 5.12. The Morgan fingerprint density at radius 3 is 2.54 bits per heavy atom. The zero-order valence-corrected chi connectivity index (χ0v) is 15.1. The molecule has 3 N–H and O–H groups in total. The van der Waals surface area contributed by atoms with Gasteiger partial charge in [0.1, 0.15) is 5.54 Å². The van der Waals surface area contributed by atoms with Crippen LogP contribution in [0.1, 0.15) is 43.2 Å². The third kappa shape index (κ3) is 3.98. The van der Waals surface area contributed by atoms with E-state index in [9.17, 15) is 14.4 Å². The second kappa shape index (κ2) is 7.76. The Kier molecular flexibility index (Phi) is 5.44. The molecule has 1 heterocycles. The highest BCUT2D eigenvalue weighted by molar-refractivity contribution is 6.07. The summed E-state index contributed by atoms with van der Waals surface area (Å²) in [5.41, 5.74) is 1.56. The average Bonchev–Trinajstić information content (AvgIpc) is 3.18. The number of hydrogen-bond acceptors (Lipinski definition) is 3. The Bertz CT molecular complexity index is 681.